The molecule has 4 rings (SSSR count). The molecule has 0 amide bonds. The largest absolute Gasteiger partial charge is 0.507 e. The first-order valence-corrected chi connectivity index (χ1v) is 9.81. The molecule has 1 fully saturated rings. The van der Waals surface area contributed by atoms with Crippen LogP contribution < -0.4 is 14.2 Å². The number of hydrogen-bond acceptors (Lipinski definition) is 6. The predicted octanol–water partition coefficient (Wildman–Crippen LogP) is 4.29. The molecular weight excluding hydrogens is 372 g/mol. The number of epoxide rings is 1. The summed E-state index contributed by atoms with van der Waals surface area (Å²) in [5.74, 6) is 2.26. The minimum absolute atomic E-state index is 0.0399. The molecule has 0 aliphatic carbocycles. The molecule has 6 nitrogen and oxygen atoms in total. The summed E-state index contributed by atoms with van der Waals surface area (Å²) in [4.78, 5) is 0. The van der Waals surface area contributed by atoms with Gasteiger partial charge in [-0.05, 0) is 42.8 Å². The maximum absolute atomic E-state index is 10.9. The number of fused-ring (bicyclic) bond motifs is 2. The van der Waals surface area contributed by atoms with E-state index in [-0.39, 0.29) is 18.0 Å². The van der Waals surface area contributed by atoms with Crippen molar-refractivity contribution in [2.24, 2.45) is 0 Å². The molecule has 2 unspecified atom stereocenters. The summed E-state index contributed by atoms with van der Waals surface area (Å²) in [5.41, 5.74) is 0. The number of phenols is 1. The van der Waals surface area contributed by atoms with Crippen molar-refractivity contribution in [1.82, 2.24) is 0 Å². The highest BCUT2D eigenvalue weighted by Crippen LogP contribution is 2.44. The summed E-state index contributed by atoms with van der Waals surface area (Å²) in [5, 5.41) is 13.9. The van der Waals surface area contributed by atoms with Gasteiger partial charge in [-0.15, -0.1) is 0 Å². The molecule has 3 aromatic carbocycles. The van der Waals surface area contributed by atoms with Gasteiger partial charge in [-0.3, -0.25) is 0 Å². The van der Waals surface area contributed by atoms with E-state index in [0.29, 0.717) is 41.2 Å². The number of phenolic OH excluding ortho intramolecular Hbond substituents is 1. The maximum Gasteiger partial charge on any atom is 0.135 e. The lowest BCUT2D eigenvalue weighted by molar-refractivity contribution is 0.0114. The molecule has 2 atom stereocenters. The minimum Gasteiger partial charge on any atom is -0.507 e. The van der Waals surface area contributed by atoms with Gasteiger partial charge in [0.05, 0.1) is 33.5 Å². The summed E-state index contributed by atoms with van der Waals surface area (Å²) < 4.78 is 28.2. The van der Waals surface area contributed by atoms with E-state index in [4.69, 9.17) is 23.7 Å². The number of rotatable bonds is 9. The first-order valence-electron chi connectivity index (χ1n) is 9.81. The third-order valence-electron chi connectivity index (χ3n) is 5.24. The van der Waals surface area contributed by atoms with Gasteiger partial charge in [0.25, 0.3) is 0 Å². The van der Waals surface area contributed by atoms with Crippen LogP contribution in [0.2, 0.25) is 0 Å². The van der Waals surface area contributed by atoms with E-state index < -0.39 is 0 Å². The number of hydrogen-bond donors (Lipinski definition) is 1. The van der Waals surface area contributed by atoms with E-state index in [1.54, 1.807) is 14.2 Å². The molecule has 154 valence electrons. The third-order valence-corrected chi connectivity index (χ3v) is 5.24. The molecule has 1 aliphatic heterocycles. The smallest absolute Gasteiger partial charge is 0.135 e. The van der Waals surface area contributed by atoms with E-state index in [9.17, 15) is 5.11 Å². The molecule has 0 spiro atoms. The molecule has 29 heavy (non-hydrogen) atoms. The second-order valence-electron chi connectivity index (χ2n) is 7.13. The van der Waals surface area contributed by atoms with Gasteiger partial charge in [0, 0.05) is 21.5 Å². The van der Waals surface area contributed by atoms with Crippen molar-refractivity contribution in [3.8, 4) is 23.0 Å². The van der Waals surface area contributed by atoms with E-state index in [1.807, 2.05) is 36.4 Å². The Labute approximate surface area is 169 Å². The van der Waals surface area contributed by atoms with Gasteiger partial charge >= 0.3 is 0 Å². The highest BCUT2D eigenvalue weighted by Gasteiger charge is 2.24. The summed E-state index contributed by atoms with van der Waals surface area (Å²) >= 11 is 0. The number of ether oxygens (including phenoxy) is 5. The van der Waals surface area contributed by atoms with Crippen LogP contribution in [0.4, 0.5) is 0 Å². The van der Waals surface area contributed by atoms with E-state index >= 15 is 0 Å². The normalized spacial score (nSPS) is 16.7. The average molecular weight is 398 g/mol. The van der Waals surface area contributed by atoms with Gasteiger partial charge in [0.2, 0.25) is 0 Å². The van der Waals surface area contributed by atoms with Crippen molar-refractivity contribution < 1.29 is 28.8 Å². The molecule has 1 saturated heterocycles. The van der Waals surface area contributed by atoms with Gasteiger partial charge in [-0.1, -0.05) is 6.92 Å². The number of benzene rings is 3. The maximum atomic E-state index is 10.9. The van der Waals surface area contributed by atoms with Gasteiger partial charge < -0.3 is 28.8 Å². The molecule has 0 radical (unpaired) electrons. The van der Waals surface area contributed by atoms with Crippen molar-refractivity contribution in [3.63, 3.8) is 0 Å². The van der Waals surface area contributed by atoms with Gasteiger partial charge in [0.1, 0.15) is 35.7 Å². The fraction of sp³-hybridized carbons (Fsp3) is 0.391. The Hall–Kier alpha value is -2.70. The van der Waals surface area contributed by atoms with Crippen LogP contribution in [-0.2, 0) is 9.47 Å². The predicted molar refractivity (Wildman–Crippen MR) is 111 cm³/mol. The van der Waals surface area contributed by atoms with Crippen LogP contribution in [0, 0.1) is 0 Å². The van der Waals surface area contributed by atoms with E-state index in [0.717, 1.165) is 23.8 Å². The molecule has 0 bridgehead atoms. The van der Waals surface area contributed by atoms with Crippen molar-refractivity contribution in [1.29, 1.82) is 0 Å². The monoisotopic (exact) mass is 398 g/mol. The SMILES string of the molecule is CCC(COc1c2ccc(OC)cc2c(O)c2ccc(OC)cc12)OCC1CO1. The third kappa shape index (κ3) is 4.04. The van der Waals surface area contributed by atoms with Crippen LogP contribution in [0.25, 0.3) is 21.5 Å². The Kier molecular flexibility index (Phi) is 5.65. The molecule has 0 saturated carbocycles. The van der Waals surface area contributed by atoms with Crippen LogP contribution in [0.5, 0.6) is 23.0 Å². The topological polar surface area (TPSA) is 69.7 Å². The van der Waals surface area contributed by atoms with Crippen molar-refractivity contribution >= 4 is 21.5 Å². The van der Waals surface area contributed by atoms with Crippen molar-refractivity contribution in [2.45, 2.75) is 25.6 Å². The molecule has 1 heterocycles. The Morgan fingerprint density at radius 3 is 2.28 bits per heavy atom. The van der Waals surface area contributed by atoms with Crippen LogP contribution in [0.15, 0.2) is 36.4 Å². The van der Waals surface area contributed by atoms with E-state index in [2.05, 4.69) is 6.92 Å². The molecule has 6 heteroatoms. The molecule has 1 aliphatic rings. The zero-order valence-electron chi connectivity index (χ0n) is 16.9. The quantitative estimate of drug-likeness (QED) is 0.428. The Balaban J connectivity index is 1.76. The second-order valence-corrected chi connectivity index (χ2v) is 7.13. The summed E-state index contributed by atoms with van der Waals surface area (Å²) in [7, 11) is 3.22. The highest BCUT2D eigenvalue weighted by atomic mass is 16.6. The number of methoxy groups -OCH3 is 2. The zero-order valence-corrected chi connectivity index (χ0v) is 16.9. The molecule has 3 aromatic rings. The lowest BCUT2D eigenvalue weighted by atomic mass is 10.00. The molecule has 1 N–H and O–H groups in total. The van der Waals surface area contributed by atoms with Crippen molar-refractivity contribution in [3.05, 3.63) is 36.4 Å². The summed E-state index contributed by atoms with van der Waals surface area (Å²) in [6, 6.07) is 11.1. The van der Waals surface area contributed by atoms with Crippen LogP contribution in [0.1, 0.15) is 13.3 Å². The van der Waals surface area contributed by atoms with Gasteiger partial charge in [-0.2, -0.15) is 0 Å². The minimum atomic E-state index is -0.0399. The van der Waals surface area contributed by atoms with Gasteiger partial charge in [0.15, 0.2) is 0 Å². The summed E-state index contributed by atoms with van der Waals surface area (Å²) in [6.45, 7) is 3.83. The first kappa shape index (κ1) is 19.6. The second kappa shape index (κ2) is 8.35. The lowest BCUT2D eigenvalue weighted by Gasteiger charge is -2.20. The molecular formula is C23H26O6. The zero-order chi connectivity index (χ0) is 20.4. The Morgan fingerprint density at radius 2 is 1.66 bits per heavy atom. The van der Waals surface area contributed by atoms with Crippen LogP contribution in [0.3, 0.4) is 0 Å². The fourth-order valence-electron chi connectivity index (χ4n) is 3.40. The first-order chi connectivity index (χ1) is 14.1. The fourth-order valence-corrected chi connectivity index (χ4v) is 3.40. The molecule has 0 aromatic heterocycles. The van der Waals surface area contributed by atoms with Crippen LogP contribution >= 0.6 is 0 Å². The Morgan fingerprint density at radius 1 is 1.00 bits per heavy atom. The standard InChI is InChI=1S/C23H26O6/c1-4-14(27-12-17-13-28-17)11-29-23-19-8-6-15(25-2)9-20(19)22(24)18-7-5-16(26-3)10-21(18)23/h5-10,14,17,24H,4,11-13H2,1-3H3. The number of aromatic hydroxyl groups is 1. The van der Waals surface area contributed by atoms with Crippen LogP contribution in [-0.4, -0.2) is 51.4 Å². The average Bonchev–Trinajstić information content (AvgIpc) is 3.59. The van der Waals surface area contributed by atoms with E-state index in [1.165, 1.54) is 0 Å². The lowest BCUT2D eigenvalue weighted by Crippen LogP contribution is -2.23. The van der Waals surface area contributed by atoms with Gasteiger partial charge in [-0.25, -0.2) is 0 Å². The Bertz CT molecular complexity index is 1010. The summed E-state index contributed by atoms with van der Waals surface area (Å²) in [6.07, 6.45) is 1.01. The van der Waals surface area contributed by atoms with Crippen molar-refractivity contribution in [2.75, 3.05) is 34.0 Å². The highest BCUT2D eigenvalue weighted by molar-refractivity contribution is 6.11.